The lowest BCUT2D eigenvalue weighted by Crippen LogP contribution is -1.74. The van der Waals surface area contributed by atoms with Crippen molar-refractivity contribution in [1.82, 2.24) is 9.97 Å². The van der Waals surface area contributed by atoms with E-state index >= 15 is 0 Å². The van der Waals surface area contributed by atoms with Crippen molar-refractivity contribution in [3.8, 4) is 22.8 Å². The molecule has 0 amide bonds. The van der Waals surface area contributed by atoms with Crippen LogP contribution >= 0.6 is 0 Å². The zero-order chi connectivity index (χ0) is 11.5. The summed E-state index contributed by atoms with van der Waals surface area (Å²) < 4.78 is 5.72. The predicted molar refractivity (Wildman–Crippen MR) is 65.2 cm³/mol. The maximum atomic E-state index is 5.72. The van der Waals surface area contributed by atoms with Crippen molar-refractivity contribution in [2.24, 2.45) is 0 Å². The predicted octanol–water partition coefficient (Wildman–Crippen LogP) is 3.40. The Morgan fingerprint density at radius 3 is 2.35 bits per heavy atom. The number of rotatable bonds is 2. The Morgan fingerprint density at radius 2 is 1.59 bits per heavy atom. The van der Waals surface area contributed by atoms with Crippen molar-refractivity contribution in [2.75, 3.05) is 0 Å². The molecule has 2 aromatic heterocycles. The van der Waals surface area contributed by atoms with Crippen LogP contribution in [0.15, 0.2) is 65.5 Å². The zero-order valence-corrected chi connectivity index (χ0v) is 9.08. The lowest BCUT2D eigenvalue weighted by molar-refractivity contribution is 0.589. The molecule has 0 N–H and O–H groups in total. The summed E-state index contributed by atoms with van der Waals surface area (Å²) >= 11 is 0. The van der Waals surface area contributed by atoms with E-state index in [4.69, 9.17) is 4.42 Å². The van der Waals surface area contributed by atoms with Crippen molar-refractivity contribution in [3.63, 3.8) is 0 Å². The van der Waals surface area contributed by atoms with Gasteiger partial charge in [-0.15, -0.1) is 0 Å². The monoisotopic (exact) mass is 222 g/mol. The fourth-order valence-electron chi connectivity index (χ4n) is 1.64. The Kier molecular flexibility index (Phi) is 2.43. The van der Waals surface area contributed by atoms with Gasteiger partial charge >= 0.3 is 0 Å². The van der Waals surface area contributed by atoms with Gasteiger partial charge in [-0.2, -0.15) is 0 Å². The van der Waals surface area contributed by atoms with Gasteiger partial charge < -0.3 is 4.42 Å². The van der Waals surface area contributed by atoms with Crippen molar-refractivity contribution < 1.29 is 4.42 Å². The number of nitrogens with zero attached hydrogens (tertiary/aromatic N) is 2. The van der Waals surface area contributed by atoms with Gasteiger partial charge in [0.25, 0.3) is 0 Å². The van der Waals surface area contributed by atoms with Gasteiger partial charge in [0, 0.05) is 23.5 Å². The van der Waals surface area contributed by atoms with E-state index in [1.807, 2.05) is 42.5 Å². The van der Waals surface area contributed by atoms with Crippen molar-refractivity contribution in [2.45, 2.75) is 0 Å². The van der Waals surface area contributed by atoms with E-state index in [2.05, 4.69) is 9.97 Å². The molecule has 3 rings (SSSR count). The molecular formula is C14H10N2O. The summed E-state index contributed by atoms with van der Waals surface area (Å²) in [5, 5.41) is 0. The van der Waals surface area contributed by atoms with Crippen LogP contribution in [0.3, 0.4) is 0 Å². The van der Waals surface area contributed by atoms with Gasteiger partial charge in [-0.05, 0) is 24.3 Å². The molecule has 2 heterocycles. The molecule has 0 saturated carbocycles. The van der Waals surface area contributed by atoms with Crippen LogP contribution in [0.25, 0.3) is 22.8 Å². The van der Waals surface area contributed by atoms with E-state index in [0.29, 0.717) is 5.89 Å². The van der Waals surface area contributed by atoms with Gasteiger partial charge in [0.15, 0.2) is 5.76 Å². The first kappa shape index (κ1) is 9.78. The molecule has 0 aliphatic heterocycles. The van der Waals surface area contributed by atoms with E-state index < -0.39 is 0 Å². The van der Waals surface area contributed by atoms with E-state index in [0.717, 1.165) is 16.9 Å². The van der Waals surface area contributed by atoms with Gasteiger partial charge in [0.1, 0.15) is 0 Å². The number of benzene rings is 1. The summed E-state index contributed by atoms with van der Waals surface area (Å²) in [6.07, 6.45) is 5.21. The van der Waals surface area contributed by atoms with Crippen LogP contribution in [-0.2, 0) is 0 Å². The van der Waals surface area contributed by atoms with Gasteiger partial charge in [-0.1, -0.05) is 18.2 Å². The number of aromatic nitrogens is 2. The number of oxazole rings is 1. The average Bonchev–Trinajstić information content (AvgIpc) is 2.90. The fraction of sp³-hybridized carbons (Fsp3) is 0. The largest absolute Gasteiger partial charge is 0.436 e. The second kappa shape index (κ2) is 4.22. The van der Waals surface area contributed by atoms with Crippen LogP contribution in [-0.4, -0.2) is 9.97 Å². The minimum atomic E-state index is 0.636. The Hall–Kier alpha value is -2.42. The molecule has 0 unspecified atom stereocenters. The first-order valence-electron chi connectivity index (χ1n) is 5.35. The van der Waals surface area contributed by atoms with Crippen LogP contribution in [0.2, 0.25) is 0 Å². The smallest absolute Gasteiger partial charge is 0.226 e. The van der Waals surface area contributed by atoms with E-state index in [9.17, 15) is 0 Å². The molecule has 0 aliphatic rings. The fourth-order valence-corrected chi connectivity index (χ4v) is 1.64. The summed E-state index contributed by atoms with van der Waals surface area (Å²) in [5.41, 5.74) is 1.96. The Labute approximate surface area is 98.8 Å². The van der Waals surface area contributed by atoms with Crippen molar-refractivity contribution in [3.05, 3.63) is 61.1 Å². The number of hydrogen-bond donors (Lipinski definition) is 0. The minimum Gasteiger partial charge on any atom is -0.436 e. The normalized spacial score (nSPS) is 10.4. The topological polar surface area (TPSA) is 38.9 Å². The molecule has 0 saturated heterocycles. The molecule has 3 nitrogen and oxygen atoms in total. The molecular weight excluding hydrogens is 212 g/mol. The van der Waals surface area contributed by atoms with Crippen LogP contribution in [0.5, 0.6) is 0 Å². The van der Waals surface area contributed by atoms with E-state index in [1.54, 1.807) is 18.6 Å². The minimum absolute atomic E-state index is 0.636. The van der Waals surface area contributed by atoms with Crippen LogP contribution in [0, 0.1) is 0 Å². The van der Waals surface area contributed by atoms with Crippen molar-refractivity contribution >= 4 is 0 Å². The second-order valence-corrected chi connectivity index (χ2v) is 3.63. The number of hydrogen-bond acceptors (Lipinski definition) is 3. The van der Waals surface area contributed by atoms with Gasteiger partial charge in [0.05, 0.1) is 6.20 Å². The number of pyridine rings is 1. The molecule has 0 radical (unpaired) electrons. The highest BCUT2D eigenvalue weighted by Crippen LogP contribution is 2.24. The first-order chi connectivity index (χ1) is 8.43. The van der Waals surface area contributed by atoms with Crippen LogP contribution in [0.1, 0.15) is 0 Å². The maximum absolute atomic E-state index is 5.72. The zero-order valence-electron chi connectivity index (χ0n) is 9.08. The second-order valence-electron chi connectivity index (χ2n) is 3.63. The summed E-state index contributed by atoms with van der Waals surface area (Å²) in [6, 6.07) is 13.6. The highest BCUT2D eigenvalue weighted by atomic mass is 16.4. The molecule has 3 heteroatoms. The third kappa shape index (κ3) is 1.95. The Bertz CT molecular complexity index is 548. The van der Waals surface area contributed by atoms with Gasteiger partial charge in [0.2, 0.25) is 5.89 Å². The molecule has 0 bridgehead atoms. The highest BCUT2D eigenvalue weighted by molar-refractivity contribution is 5.60. The molecule has 0 aliphatic carbocycles. The SMILES string of the molecule is c1ccc(-c2ncc(-c3ccncc3)o2)cc1. The van der Waals surface area contributed by atoms with Crippen molar-refractivity contribution in [1.29, 1.82) is 0 Å². The lowest BCUT2D eigenvalue weighted by atomic mass is 10.2. The summed E-state index contributed by atoms with van der Waals surface area (Å²) in [7, 11) is 0. The van der Waals surface area contributed by atoms with Gasteiger partial charge in [-0.3, -0.25) is 4.98 Å². The van der Waals surface area contributed by atoms with E-state index in [1.165, 1.54) is 0 Å². The molecule has 17 heavy (non-hydrogen) atoms. The van der Waals surface area contributed by atoms with Crippen LogP contribution in [0.4, 0.5) is 0 Å². The maximum Gasteiger partial charge on any atom is 0.226 e. The third-order valence-electron chi connectivity index (χ3n) is 2.49. The van der Waals surface area contributed by atoms with Gasteiger partial charge in [-0.25, -0.2) is 4.98 Å². The molecule has 0 fully saturated rings. The quantitative estimate of drug-likeness (QED) is 0.667. The molecule has 82 valence electrons. The standard InChI is InChI=1S/C14H10N2O/c1-2-4-12(5-3-1)14-16-10-13(17-14)11-6-8-15-9-7-11/h1-10H. The Morgan fingerprint density at radius 1 is 0.824 bits per heavy atom. The summed E-state index contributed by atoms with van der Waals surface area (Å²) in [4.78, 5) is 8.25. The average molecular weight is 222 g/mol. The lowest BCUT2D eigenvalue weighted by Gasteiger charge is -1.95. The summed E-state index contributed by atoms with van der Waals surface area (Å²) in [6.45, 7) is 0. The molecule has 0 spiro atoms. The summed E-state index contributed by atoms with van der Waals surface area (Å²) in [5.74, 6) is 1.39. The molecule has 0 atom stereocenters. The van der Waals surface area contributed by atoms with E-state index in [-0.39, 0.29) is 0 Å². The third-order valence-corrected chi connectivity index (χ3v) is 2.49. The molecule has 1 aromatic carbocycles. The highest BCUT2D eigenvalue weighted by Gasteiger charge is 2.07. The molecule has 3 aromatic rings. The van der Waals surface area contributed by atoms with Crippen LogP contribution < -0.4 is 0 Å². The first-order valence-corrected chi connectivity index (χ1v) is 5.35. The Balaban J connectivity index is 1.99.